The highest BCUT2D eigenvalue weighted by molar-refractivity contribution is 5.90. The molecule has 0 aliphatic carbocycles. The monoisotopic (exact) mass is 314 g/mol. The second-order valence-corrected chi connectivity index (χ2v) is 6.09. The van der Waals surface area contributed by atoms with Crippen LogP contribution in [0.1, 0.15) is 68.5 Å². The molecule has 124 valence electrons. The quantitative estimate of drug-likeness (QED) is 0.886. The van der Waals surface area contributed by atoms with Crippen LogP contribution in [0.4, 0.5) is 0 Å². The summed E-state index contributed by atoms with van der Waals surface area (Å²) >= 11 is 0. The van der Waals surface area contributed by atoms with Gasteiger partial charge in [0.15, 0.2) is 0 Å². The summed E-state index contributed by atoms with van der Waals surface area (Å²) in [6, 6.07) is 8.26. The molecule has 0 radical (unpaired) electrons. The molecule has 0 fully saturated rings. The maximum atomic E-state index is 12.3. The summed E-state index contributed by atoms with van der Waals surface area (Å²) in [4.78, 5) is 16.7. The summed E-state index contributed by atoms with van der Waals surface area (Å²) in [5.74, 6) is 1.11. The first-order valence-corrected chi connectivity index (χ1v) is 8.31. The van der Waals surface area contributed by atoms with Gasteiger partial charge in [-0.3, -0.25) is 4.79 Å². The van der Waals surface area contributed by atoms with Crippen LogP contribution in [0.5, 0.6) is 0 Å². The van der Waals surface area contributed by atoms with E-state index in [4.69, 9.17) is 0 Å². The number of carbonyl (C=O) groups excluding carboxylic acids is 1. The summed E-state index contributed by atoms with van der Waals surface area (Å²) in [6.45, 7) is 10.3. The van der Waals surface area contributed by atoms with Crippen molar-refractivity contribution in [2.45, 2.75) is 59.4 Å². The standard InChI is InChI=1S/C18H26N4O/c1-6-14(7-2)20-18(23)17-19-13(5)22(21-17)16-11-9-8-10-15(16)12(3)4/h8-12,14H,6-7H2,1-5H3,(H,20,23). The van der Waals surface area contributed by atoms with Crippen molar-refractivity contribution in [1.29, 1.82) is 0 Å². The van der Waals surface area contributed by atoms with Gasteiger partial charge in [-0.05, 0) is 37.3 Å². The average Bonchev–Trinajstić information content (AvgIpc) is 2.94. The second-order valence-electron chi connectivity index (χ2n) is 6.09. The predicted molar refractivity (Wildman–Crippen MR) is 92.0 cm³/mol. The lowest BCUT2D eigenvalue weighted by molar-refractivity contribution is 0.0924. The third-order valence-electron chi connectivity index (χ3n) is 4.08. The Morgan fingerprint density at radius 1 is 1.22 bits per heavy atom. The molecule has 2 aromatic rings. The number of para-hydroxylation sites is 1. The van der Waals surface area contributed by atoms with E-state index in [0.29, 0.717) is 11.7 Å². The van der Waals surface area contributed by atoms with Crippen LogP contribution < -0.4 is 5.32 Å². The lowest BCUT2D eigenvalue weighted by Crippen LogP contribution is -2.34. The van der Waals surface area contributed by atoms with Crippen LogP contribution in [-0.4, -0.2) is 26.7 Å². The Kier molecular flexibility index (Phi) is 5.53. The van der Waals surface area contributed by atoms with Gasteiger partial charge in [0.1, 0.15) is 5.82 Å². The number of hydrogen-bond acceptors (Lipinski definition) is 3. The van der Waals surface area contributed by atoms with E-state index in [1.807, 2.05) is 25.1 Å². The van der Waals surface area contributed by atoms with Gasteiger partial charge < -0.3 is 5.32 Å². The molecular weight excluding hydrogens is 288 g/mol. The van der Waals surface area contributed by atoms with Crippen molar-refractivity contribution >= 4 is 5.91 Å². The van der Waals surface area contributed by atoms with Gasteiger partial charge in [0, 0.05) is 6.04 Å². The molecule has 1 amide bonds. The van der Waals surface area contributed by atoms with E-state index in [-0.39, 0.29) is 17.8 Å². The van der Waals surface area contributed by atoms with Crippen molar-refractivity contribution < 1.29 is 4.79 Å². The maximum absolute atomic E-state index is 12.3. The molecule has 2 rings (SSSR count). The van der Waals surface area contributed by atoms with Crippen LogP contribution in [-0.2, 0) is 0 Å². The number of nitrogens with one attached hydrogen (secondary N) is 1. The van der Waals surface area contributed by atoms with Gasteiger partial charge in [-0.2, -0.15) is 0 Å². The van der Waals surface area contributed by atoms with Crippen molar-refractivity contribution in [3.8, 4) is 5.69 Å². The Hall–Kier alpha value is -2.17. The molecule has 1 aromatic carbocycles. The van der Waals surface area contributed by atoms with Crippen molar-refractivity contribution in [2.24, 2.45) is 0 Å². The zero-order chi connectivity index (χ0) is 17.0. The highest BCUT2D eigenvalue weighted by Crippen LogP contribution is 2.23. The SMILES string of the molecule is CCC(CC)NC(=O)c1nc(C)n(-c2ccccc2C(C)C)n1. The van der Waals surface area contributed by atoms with Crippen molar-refractivity contribution in [3.63, 3.8) is 0 Å². The zero-order valence-corrected chi connectivity index (χ0v) is 14.6. The molecular formula is C18H26N4O. The van der Waals surface area contributed by atoms with Crippen LogP contribution in [0.25, 0.3) is 5.69 Å². The first-order chi connectivity index (χ1) is 11.0. The molecule has 0 atom stereocenters. The second kappa shape index (κ2) is 7.40. The number of aryl methyl sites for hydroxylation is 1. The molecule has 0 spiro atoms. The van der Waals surface area contributed by atoms with Gasteiger partial charge in [0.2, 0.25) is 5.82 Å². The molecule has 0 unspecified atom stereocenters. The number of aromatic nitrogens is 3. The number of benzene rings is 1. The molecule has 5 heteroatoms. The Morgan fingerprint density at radius 3 is 2.48 bits per heavy atom. The van der Waals surface area contributed by atoms with Gasteiger partial charge in [-0.15, -0.1) is 5.10 Å². The number of rotatable bonds is 6. The maximum Gasteiger partial charge on any atom is 0.291 e. The third kappa shape index (κ3) is 3.78. The summed E-state index contributed by atoms with van der Waals surface area (Å²) in [5, 5.41) is 7.42. The molecule has 1 aromatic heterocycles. The van der Waals surface area contributed by atoms with Crippen LogP contribution in [0.15, 0.2) is 24.3 Å². The highest BCUT2D eigenvalue weighted by Gasteiger charge is 2.19. The van der Waals surface area contributed by atoms with E-state index in [1.54, 1.807) is 4.68 Å². The molecule has 23 heavy (non-hydrogen) atoms. The number of amides is 1. The van der Waals surface area contributed by atoms with Gasteiger partial charge in [0.25, 0.3) is 5.91 Å². The zero-order valence-electron chi connectivity index (χ0n) is 14.6. The first-order valence-electron chi connectivity index (χ1n) is 8.31. The van der Waals surface area contributed by atoms with Crippen LogP contribution in [0.2, 0.25) is 0 Å². The summed E-state index contributed by atoms with van der Waals surface area (Å²) < 4.78 is 1.76. The lowest BCUT2D eigenvalue weighted by Gasteiger charge is -2.13. The predicted octanol–water partition coefficient (Wildman–Crippen LogP) is 3.62. The Labute approximate surface area is 138 Å². The Morgan fingerprint density at radius 2 is 1.87 bits per heavy atom. The van der Waals surface area contributed by atoms with Crippen LogP contribution in [0, 0.1) is 6.92 Å². The number of nitrogens with zero attached hydrogens (tertiary/aromatic N) is 3. The molecule has 1 heterocycles. The van der Waals surface area contributed by atoms with Crippen molar-refractivity contribution in [1.82, 2.24) is 20.1 Å². The molecule has 0 aliphatic heterocycles. The molecule has 0 bridgehead atoms. The van der Waals surface area contributed by atoms with Gasteiger partial charge in [-0.25, -0.2) is 9.67 Å². The molecule has 0 saturated carbocycles. The van der Waals surface area contributed by atoms with E-state index in [2.05, 4.69) is 49.2 Å². The van der Waals surface area contributed by atoms with Crippen molar-refractivity contribution in [2.75, 3.05) is 0 Å². The van der Waals surface area contributed by atoms with E-state index in [1.165, 1.54) is 5.56 Å². The largest absolute Gasteiger partial charge is 0.347 e. The Balaban J connectivity index is 2.34. The minimum Gasteiger partial charge on any atom is -0.347 e. The molecule has 5 nitrogen and oxygen atoms in total. The highest BCUT2D eigenvalue weighted by atomic mass is 16.2. The van der Waals surface area contributed by atoms with E-state index in [9.17, 15) is 4.79 Å². The number of carbonyl (C=O) groups is 1. The van der Waals surface area contributed by atoms with E-state index < -0.39 is 0 Å². The minimum absolute atomic E-state index is 0.165. The van der Waals surface area contributed by atoms with Gasteiger partial charge in [0.05, 0.1) is 5.69 Å². The first kappa shape index (κ1) is 17.2. The van der Waals surface area contributed by atoms with Gasteiger partial charge >= 0.3 is 0 Å². The minimum atomic E-state index is -0.206. The molecule has 0 saturated heterocycles. The average molecular weight is 314 g/mol. The van der Waals surface area contributed by atoms with E-state index in [0.717, 1.165) is 18.5 Å². The summed E-state index contributed by atoms with van der Waals surface area (Å²) in [7, 11) is 0. The number of hydrogen-bond donors (Lipinski definition) is 1. The smallest absolute Gasteiger partial charge is 0.291 e. The summed E-state index contributed by atoms with van der Waals surface area (Å²) in [5.41, 5.74) is 2.17. The summed E-state index contributed by atoms with van der Waals surface area (Å²) in [6.07, 6.45) is 1.80. The topological polar surface area (TPSA) is 59.8 Å². The molecule has 0 aliphatic rings. The van der Waals surface area contributed by atoms with Gasteiger partial charge in [-0.1, -0.05) is 45.9 Å². The fourth-order valence-electron chi connectivity index (χ4n) is 2.63. The Bertz CT molecular complexity index is 671. The fraction of sp³-hybridized carbons (Fsp3) is 0.500. The fourth-order valence-corrected chi connectivity index (χ4v) is 2.63. The third-order valence-corrected chi connectivity index (χ3v) is 4.08. The van der Waals surface area contributed by atoms with E-state index >= 15 is 0 Å². The molecule has 1 N–H and O–H groups in total. The van der Waals surface area contributed by atoms with Crippen LogP contribution in [0.3, 0.4) is 0 Å². The van der Waals surface area contributed by atoms with Crippen molar-refractivity contribution in [3.05, 3.63) is 41.5 Å². The lowest BCUT2D eigenvalue weighted by atomic mass is 10.0. The van der Waals surface area contributed by atoms with Crippen LogP contribution >= 0.6 is 0 Å². The normalized spacial score (nSPS) is 11.3.